The van der Waals surface area contributed by atoms with Crippen molar-refractivity contribution < 1.29 is 4.39 Å². The van der Waals surface area contributed by atoms with Crippen LogP contribution in [0.3, 0.4) is 0 Å². The van der Waals surface area contributed by atoms with Crippen molar-refractivity contribution in [1.29, 1.82) is 5.26 Å². The van der Waals surface area contributed by atoms with E-state index in [1.54, 1.807) is 6.07 Å². The van der Waals surface area contributed by atoms with Crippen LogP contribution in [-0.4, -0.2) is 0 Å². The van der Waals surface area contributed by atoms with Crippen LogP contribution in [0, 0.1) is 17.1 Å². The topological polar surface area (TPSA) is 35.8 Å². The monoisotopic (exact) mass is 260 g/mol. The number of benzene rings is 2. The van der Waals surface area contributed by atoms with Gasteiger partial charge >= 0.3 is 0 Å². The molecule has 2 nitrogen and oxygen atoms in total. The van der Waals surface area contributed by atoms with Crippen molar-refractivity contribution in [3.05, 3.63) is 64.9 Å². The zero-order chi connectivity index (χ0) is 13.0. The van der Waals surface area contributed by atoms with Crippen LogP contribution in [0.15, 0.2) is 48.5 Å². The minimum atomic E-state index is -0.612. The molecule has 0 aliphatic carbocycles. The first-order chi connectivity index (χ1) is 8.70. The van der Waals surface area contributed by atoms with Crippen LogP contribution in [-0.2, 0) is 0 Å². The van der Waals surface area contributed by atoms with Gasteiger partial charge in [-0.25, -0.2) is 4.39 Å². The number of halogens is 2. The highest BCUT2D eigenvalue weighted by atomic mass is 35.5. The maximum atomic E-state index is 13.3. The SMILES string of the molecule is N#CC(Nc1ccccc1)c1ccc(Cl)c(F)c1. The van der Waals surface area contributed by atoms with Crippen LogP contribution in [0.1, 0.15) is 11.6 Å². The summed E-state index contributed by atoms with van der Waals surface area (Å²) in [7, 11) is 0. The van der Waals surface area contributed by atoms with Crippen molar-refractivity contribution >= 4 is 17.3 Å². The first-order valence-electron chi connectivity index (χ1n) is 5.37. The van der Waals surface area contributed by atoms with E-state index in [9.17, 15) is 4.39 Å². The van der Waals surface area contributed by atoms with Crippen molar-refractivity contribution in [3.63, 3.8) is 0 Å². The van der Waals surface area contributed by atoms with Crippen molar-refractivity contribution in [2.24, 2.45) is 0 Å². The van der Waals surface area contributed by atoms with Gasteiger partial charge in [-0.05, 0) is 29.8 Å². The molecule has 0 heterocycles. The Morgan fingerprint density at radius 1 is 1.17 bits per heavy atom. The first kappa shape index (κ1) is 12.4. The van der Waals surface area contributed by atoms with Gasteiger partial charge in [0.05, 0.1) is 11.1 Å². The molecule has 1 atom stereocenters. The highest BCUT2D eigenvalue weighted by molar-refractivity contribution is 6.30. The number of nitrogens with one attached hydrogen (secondary N) is 1. The number of anilines is 1. The predicted molar refractivity (Wildman–Crippen MR) is 69.8 cm³/mol. The fourth-order valence-electron chi connectivity index (χ4n) is 1.58. The van der Waals surface area contributed by atoms with Gasteiger partial charge in [0.15, 0.2) is 0 Å². The Morgan fingerprint density at radius 2 is 1.89 bits per heavy atom. The number of hydrogen-bond acceptors (Lipinski definition) is 2. The summed E-state index contributed by atoms with van der Waals surface area (Å²) in [4.78, 5) is 0. The van der Waals surface area contributed by atoms with E-state index in [-0.39, 0.29) is 5.02 Å². The maximum Gasteiger partial charge on any atom is 0.142 e. The second-order valence-electron chi connectivity index (χ2n) is 3.75. The molecule has 1 unspecified atom stereocenters. The molecule has 90 valence electrons. The molecule has 0 bridgehead atoms. The number of para-hydroxylation sites is 1. The highest BCUT2D eigenvalue weighted by Gasteiger charge is 2.12. The lowest BCUT2D eigenvalue weighted by Crippen LogP contribution is -2.08. The second kappa shape index (κ2) is 5.52. The molecule has 2 aromatic rings. The van der Waals surface area contributed by atoms with Crippen LogP contribution in [0.25, 0.3) is 0 Å². The Kier molecular flexibility index (Phi) is 3.81. The van der Waals surface area contributed by atoms with E-state index in [1.165, 1.54) is 12.1 Å². The summed E-state index contributed by atoms with van der Waals surface area (Å²) in [6, 6.07) is 15.1. The van der Waals surface area contributed by atoms with E-state index in [4.69, 9.17) is 16.9 Å². The van der Waals surface area contributed by atoms with Gasteiger partial charge in [-0.15, -0.1) is 0 Å². The van der Waals surface area contributed by atoms with E-state index in [0.29, 0.717) is 5.56 Å². The molecule has 0 radical (unpaired) electrons. The lowest BCUT2D eigenvalue weighted by atomic mass is 10.1. The van der Waals surface area contributed by atoms with Gasteiger partial charge in [-0.3, -0.25) is 0 Å². The van der Waals surface area contributed by atoms with Crippen LogP contribution in [0.5, 0.6) is 0 Å². The molecule has 0 aliphatic heterocycles. The third kappa shape index (κ3) is 2.79. The number of nitrogens with zero attached hydrogens (tertiary/aromatic N) is 1. The lowest BCUT2D eigenvalue weighted by molar-refractivity contribution is 0.625. The fraction of sp³-hybridized carbons (Fsp3) is 0.0714. The lowest BCUT2D eigenvalue weighted by Gasteiger charge is -2.13. The van der Waals surface area contributed by atoms with Crippen molar-refractivity contribution in [3.8, 4) is 6.07 Å². The molecule has 1 N–H and O–H groups in total. The summed E-state index contributed by atoms with van der Waals surface area (Å²) in [6.07, 6.45) is 0. The van der Waals surface area contributed by atoms with Gasteiger partial charge in [-0.1, -0.05) is 35.9 Å². The van der Waals surface area contributed by atoms with Gasteiger partial charge in [0.25, 0.3) is 0 Å². The molecule has 4 heteroatoms. The summed E-state index contributed by atoms with van der Waals surface area (Å²) < 4.78 is 13.3. The average Bonchev–Trinajstić information content (AvgIpc) is 2.40. The number of rotatable bonds is 3. The molecule has 2 rings (SSSR count). The van der Waals surface area contributed by atoms with Crippen molar-refractivity contribution in [2.75, 3.05) is 5.32 Å². The third-order valence-corrected chi connectivity index (χ3v) is 2.80. The standard InChI is InChI=1S/C14H10ClFN2/c15-12-7-6-10(8-13(12)16)14(9-17)18-11-4-2-1-3-5-11/h1-8,14,18H. The van der Waals surface area contributed by atoms with Gasteiger partial charge in [0.2, 0.25) is 0 Å². The van der Waals surface area contributed by atoms with E-state index in [0.717, 1.165) is 5.69 Å². The largest absolute Gasteiger partial charge is 0.366 e. The average molecular weight is 261 g/mol. The first-order valence-corrected chi connectivity index (χ1v) is 5.74. The Morgan fingerprint density at radius 3 is 2.50 bits per heavy atom. The number of hydrogen-bond donors (Lipinski definition) is 1. The molecule has 0 saturated heterocycles. The Labute approximate surface area is 110 Å². The van der Waals surface area contributed by atoms with Gasteiger partial charge in [0.1, 0.15) is 11.9 Å². The van der Waals surface area contributed by atoms with Crippen LogP contribution in [0.4, 0.5) is 10.1 Å². The predicted octanol–water partition coefficient (Wildman–Crippen LogP) is 4.16. The van der Waals surface area contributed by atoms with E-state index >= 15 is 0 Å². The van der Waals surface area contributed by atoms with E-state index in [2.05, 4.69) is 11.4 Å². The minimum Gasteiger partial charge on any atom is -0.366 e. The minimum absolute atomic E-state index is 0.0511. The molecule has 0 spiro atoms. The van der Waals surface area contributed by atoms with E-state index < -0.39 is 11.9 Å². The molecule has 0 saturated carbocycles. The molecule has 18 heavy (non-hydrogen) atoms. The van der Waals surface area contributed by atoms with Gasteiger partial charge < -0.3 is 5.32 Å². The molecular formula is C14H10ClFN2. The van der Waals surface area contributed by atoms with Crippen LogP contribution < -0.4 is 5.32 Å². The second-order valence-corrected chi connectivity index (χ2v) is 4.15. The Bertz CT molecular complexity index is 578. The molecule has 0 aliphatic rings. The molecular weight excluding hydrogens is 251 g/mol. The summed E-state index contributed by atoms with van der Waals surface area (Å²) in [5.41, 5.74) is 1.35. The molecule has 0 fully saturated rings. The fourth-order valence-corrected chi connectivity index (χ4v) is 1.70. The summed E-state index contributed by atoms with van der Waals surface area (Å²) in [5.74, 6) is -0.524. The summed E-state index contributed by atoms with van der Waals surface area (Å²) in [6.45, 7) is 0. The highest BCUT2D eigenvalue weighted by Crippen LogP contribution is 2.23. The van der Waals surface area contributed by atoms with Gasteiger partial charge in [-0.2, -0.15) is 5.26 Å². The molecule has 0 aromatic heterocycles. The zero-order valence-corrected chi connectivity index (χ0v) is 10.2. The van der Waals surface area contributed by atoms with Crippen molar-refractivity contribution in [1.82, 2.24) is 0 Å². The van der Waals surface area contributed by atoms with Crippen LogP contribution >= 0.6 is 11.6 Å². The maximum absolute atomic E-state index is 13.3. The molecule has 2 aromatic carbocycles. The third-order valence-electron chi connectivity index (χ3n) is 2.49. The van der Waals surface area contributed by atoms with Crippen LogP contribution in [0.2, 0.25) is 5.02 Å². The van der Waals surface area contributed by atoms with Gasteiger partial charge in [0, 0.05) is 5.69 Å². The number of nitriles is 1. The molecule has 0 amide bonds. The quantitative estimate of drug-likeness (QED) is 0.900. The normalized spacial score (nSPS) is 11.6. The van der Waals surface area contributed by atoms with Crippen molar-refractivity contribution in [2.45, 2.75) is 6.04 Å². The summed E-state index contributed by atoms with van der Waals surface area (Å²) in [5, 5.41) is 12.2. The Balaban J connectivity index is 2.24. The Hall–Kier alpha value is -2.05. The smallest absolute Gasteiger partial charge is 0.142 e. The van der Waals surface area contributed by atoms with E-state index in [1.807, 2.05) is 30.3 Å². The zero-order valence-electron chi connectivity index (χ0n) is 9.40. The summed E-state index contributed by atoms with van der Waals surface area (Å²) >= 11 is 5.61.